The normalized spacial score (nSPS) is 19.7. The van der Waals surface area contributed by atoms with Crippen LogP contribution in [0.4, 0.5) is 0 Å². The molecule has 1 atom stereocenters. The molecule has 0 N–H and O–H groups in total. The maximum Gasteiger partial charge on any atom is 0.158 e. The summed E-state index contributed by atoms with van der Waals surface area (Å²) in [6.45, 7) is 8.27. The Hall–Kier alpha value is -1.57. The molecule has 0 saturated heterocycles. The van der Waals surface area contributed by atoms with Gasteiger partial charge in [-0.05, 0) is 29.5 Å². The Morgan fingerprint density at radius 1 is 1.39 bits per heavy atom. The standard InChI is InChI=1S/C16H20O2/c1-10(2)12-5-8-16(18-4)14(9-12)13-6-7-15(17)11(13)3/h5,8-10,13H,3,6-7H2,1-2,4H3. The molecule has 1 aliphatic carbocycles. The van der Waals surface area contributed by atoms with Gasteiger partial charge in [-0.15, -0.1) is 0 Å². The lowest BCUT2D eigenvalue weighted by Gasteiger charge is -2.17. The monoisotopic (exact) mass is 244 g/mol. The number of Topliss-reactive ketones (excluding diaryl/α,β-unsaturated/α-hetero) is 1. The average molecular weight is 244 g/mol. The predicted octanol–water partition coefficient (Wildman–Crippen LogP) is 3.82. The van der Waals surface area contributed by atoms with E-state index in [1.54, 1.807) is 7.11 Å². The molecule has 1 aromatic carbocycles. The van der Waals surface area contributed by atoms with Crippen LogP contribution in [0.2, 0.25) is 0 Å². The number of hydrogen-bond acceptors (Lipinski definition) is 2. The summed E-state index contributed by atoms with van der Waals surface area (Å²) in [5.74, 6) is 1.66. The third kappa shape index (κ3) is 2.20. The van der Waals surface area contributed by atoms with Gasteiger partial charge in [0.05, 0.1) is 7.11 Å². The van der Waals surface area contributed by atoms with Crippen molar-refractivity contribution in [2.45, 2.75) is 38.5 Å². The molecule has 1 unspecified atom stereocenters. The minimum atomic E-state index is 0.131. The second-order valence-electron chi connectivity index (χ2n) is 5.20. The molecule has 0 aliphatic heterocycles. The molecular weight excluding hydrogens is 224 g/mol. The van der Waals surface area contributed by atoms with E-state index in [0.717, 1.165) is 23.3 Å². The molecule has 0 radical (unpaired) electrons. The van der Waals surface area contributed by atoms with Gasteiger partial charge < -0.3 is 4.74 Å². The number of ether oxygens (including phenoxy) is 1. The van der Waals surface area contributed by atoms with Crippen LogP contribution in [0.25, 0.3) is 0 Å². The molecule has 1 saturated carbocycles. The SMILES string of the molecule is C=C1C(=O)CCC1c1cc(C(C)C)ccc1OC. The van der Waals surface area contributed by atoms with Gasteiger partial charge in [0.2, 0.25) is 0 Å². The van der Waals surface area contributed by atoms with Crippen LogP contribution in [0.1, 0.15) is 49.7 Å². The van der Waals surface area contributed by atoms with Crippen molar-refractivity contribution in [1.82, 2.24) is 0 Å². The molecule has 0 heterocycles. The fourth-order valence-corrected chi connectivity index (χ4v) is 2.53. The van der Waals surface area contributed by atoms with Gasteiger partial charge >= 0.3 is 0 Å². The van der Waals surface area contributed by atoms with E-state index in [2.05, 4.69) is 32.6 Å². The summed E-state index contributed by atoms with van der Waals surface area (Å²) >= 11 is 0. The minimum absolute atomic E-state index is 0.131. The molecule has 18 heavy (non-hydrogen) atoms. The van der Waals surface area contributed by atoms with Crippen LogP contribution in [0, 0.1) is 0 Å². The number of benzene rings is 1. The minimum Gasteiger partial charge on any atom is -0.496 e. The summed E-state index contributed by atoms with van der Waals surface area (Å²) in [4.78, 5) is 11.6. The van der Waals surface area contributed by atoms with Gasteiger partial charge in [0.25, 0.3) is 0 Å². The van der Waals surface area contributed by atoms with E-state index in [-0.39, 0.29) is 11.7 Å². The number of hydrogen-bond donors (Lipinski definition) is 0. The lowest BCUT2D eigenvalue weighted by molar-refractivity contribution is -0.114. The Bertz CT molecular complexity index is 486. The number of carbonyl (C=O) groups excluding carboxylic acids is 1. The lowest BCUT2D eigenvalue weighted by atomic mass is 9.90. The fraction of sp³-hybridized carbons (Fsp3) is 0.438. The maximum atomic E-state index is 11.6. The molecule has 0 amide bonds. The Morgan fingerprint density at radius 3 is 2.61 bits per heavy atom. The van der Waals surface area contributed by atoms with E-state index in [9.17, 15) is 4.79 Å². The number of rotatable bonds is 3. The van der Waals surface area contributed by atoms with Gasteiger partial charge in [-0.25, -0.2) is 0 Å². The number of carbonyl (C=O) groups is 1. The van der Waals surface area contributed by atoms with Crippen molar-refractivity contribution < 1.29 is 9.53 Å². The zero-order valence-electron chi connectivity index (χ0n) is 11.3. The molecule has 1 aromatic rings. The first-order valence-corrected chi connectivity index (χ1v) is 6.44. The van der Waals surface area contributed by atoms with Gasteiger partial charge in [0.1, 0.15) is 5.75 Å². The van der Waals surface area contributed by atoms with Gasteiger partial charge in [-0.2, -0.15) is 0 Å². The smallest absolute Gasteiger partial charge is 0.158 e. The summed E-state index contributed by atoms with van der Waals surface area (Å²) in [7, 11) is 1.67. The molecule has 2 heteroatoms. The highest BCUT2D eigenvalue weighted by molar-refractivity contribution is 5.98. The first-order valence-electron chi connectivity index (χ1n) is 6.44. The van der Waals surface area contributed by atoms with Gasteiger partial charge in [-0.1, -0.05) is 32.6 Å². The predicted molar refractivity (Wildman–Crippen MR) is 73.2 cm³/mol. The molecule has 1 aliphatic rings. The van der Waals surface area contributed by atoms with E-state index in [1.165, 1.54) is 5.56 Å². The molecule has 0 bridgehead atoms. The van der Waals surface area contributed by atoms with E-state index >= 15 is 0 Å². The number of allylic oxidation sites excluding steroid dienone is 1. The Labute approximate surface area is 109 Å². The third-order valence-electron chi connectivity index (χ3n) is 3.73. The quantitative estimate of drug-likeness (QED) is 0.755. The van der Waals surface area contributed by atoms with Crippen LogP contribution in [-0.2, 0) is 4.79 Å². The van der Waals surface area contributed by atoms with E-state index < -0.39 is 0 Å². The van der Waals surface area contributed by atoms with Crippen molar-refractivity contribution in [2.24, 2.45) is 0 Å². The highest BCUT2D eigenvalue weighted by atomic mass is 16.5. The maximum absolute atomic E-state index is 11.6. The van der Waals surface area contributed by atoms with Crippen molar-refractivity contribution in [3.8, 4) is 5.75 Å². The fourth-order valence-electron chi connectivity index (χ4n) is 2.53. The Balaban J connectivity index is 2.44. The molecular formula is C16H20O2. The van der Waals surface area contributed by atoms with Crippen molar-refractivity contribution >= 4 is 5.78 Å². The first kappa shape index (κ1) is 12.9. The van der Waals surface area contributed by atoms with Crippen molar-refractivity contribution in [1.29, 1.82) is 0 Å². The summed E-state index contributed by atoms with van der Waals surface area (Å²) in [6.07, 6.45) is 1.47. The lowest BCUT2D eigenvalue weighted by Crippen LogP contribution is -2.03. The van der Waals surface area contributed by atoms with Crippen LogP contribution >= 0.6 is 0 Å². The van der Waals surface area contributed by atoms with Crippen LogP contribution in [0.3, 0.4) is 0 Å². The van der Waals surface area contributed by atoms with Gasteiger partial charge in [-0.3, -0.25) is 4.79 Å². The highest BCUT2D eigenvalue weighted by Gasteiger charge is 2.30. The second kappa shape index (κ2) is 4.97. The zero-order chi connectivity index (χ0) is 13.3. The Kier molecular flexibility index (Phi) is 3.55. The van der Waals surface area contributed by atoms with Gasteiger partial charge in [0.15, 0.2) is 5.78 Å². The topological polar surface area (TPSA) is 26.3 Å². The molecule has 96 valence electrons. The Morgan fingerprint density at radius 2 is 2.11 bits per heavy atom. The van der Waals surface area contributed by atoms with Crippen LogP contribution in [-0.4, -0.2) is 12.9 Å². The highest BCUT2D eigenvalue weighted by Crippen LogP contribution is 2.41. The van der Waals surface area contributed by atoms with E-state index in [0.29, 0.717) is 12.3 Å². The number of ketones is 1. The van der Waals surface area contributed by atoms with Crippen molar-refractivity contribution in [3.63, 3.8) is 0 Å². The molecule has 0 spiro atoms. The summed E-state index contributed by atoms with van der Waals surface area (Å²) in [6, 6.07) is 6.26. The van der Waals surface area contributed by atoms with Crippen molar-refractivity contribution in [3.05, 3.63) is 41.5 Å². The summed E-state index contributed by atoms with van der Waals surface area (Å²) < 4.78 is 5.42. The van der Waals surface area contributed by atoms with Gasteiger partial charge in [0, 0.05) is 17.9 Å². The molecule has 2 nitrogen and oxygen atoms in total. The van der Waals surface area contributed by atoms with E-state index in [4.69, 9.17) is 4.74 Å². The molecule has 2 rings (SSSR count). The average Bonchev–Trinajstić information content (AvgIpc) is 2.69. The molecule has 1 fully saturated rings. The largest absolute Gasteiger partial charge is 0.496 e. The summed E-state index contributed by atoms with van der Waals surface area (Å²) in [5, 5.41) is 0. The third-order valence-corrected chi connectivity index (χ3v) is 3.73. The van der Waals surface area contributed by atoms with Crippen LogP contribution in [0.15, 0.2) is 30.4 Å². The van der Waals surface area contributed by atoms with Crippen LogP contribution < -0.4 is 4.74 Å². The van der Waals surface area contributed by atoms with Crippen molar-refractivity contribution in [2.75, 3.05) is 7.11 Å². The second-order valence-corrected chi connectivity index (χ2v) is 5.20. The molecule has 0 aromatic heterocycles. The first-order chi connectivity index (χ1) is 8.54. The number of methoxy groups -OCH3 is 1. The summed E-state index contributed by atoms with van der Waals surface area (Å²) in [5.41, 5.74) is 3.12. The zero-order valence-corrected chi connectivity index (χ0v) is 11.3. The van der Waals surface area contributed by atoms with Crippen LogP contribution in [0.5, 0.6) is 5.75 Å². The van der Waals surface area contributed by atoms with E-state index in [1.807, 2.05) is 6.07 Å².